The molecule has 0 fully saturated rings. The van der Waals surface area contributed by atoms with Gasteiger partial charge in [0, 0.05) is 6.92 Å². The van der Waals surface area contributed by atoms with Gasteiger partial charge in [0.25, 0.3) is 0 Å². The van der Waals surface area contributed by atoms with Crippen molar-refractivity contribution in [2.24, 2.45) is 0 Å². The monoisotopic (exact) mass is 249 g/mol. The van der Waals surface area contributed by atoms with E-state index in [0.717, 1.165) is 22.3 Å². The zero-order valence-electron chi connectivity index (χ0n) is 11.2. The van der Waals surface area contributed by atoms with E-state index in [9.17, 15) is 9.59 Å². The third-order valence-corrected chi connectivity index (χ3v) is 3.01. The van der Waals surface area contributed by atoms with E-state index in [1.807, 2.05) is 32.9 Å². The van der Waals surface area contributed by atoms with E-state index in [0.29, 0.717) is 0 Å². The molecule has 0 radical (unpaired) electrons. The fourth-order valence-electron chi connectivity index (χ4n) is 2.02. The summed E-state index contributed by atoms with van der Waals surface area (Å²) in [6, 6.07) is 3.49. The van der Waals surface area contributed by atoms with Gasteiger partial charge in [-0.15, -0.1) is 0 Å². The molecule has 1 rings (SSSR count). The van der Waals surface area contributed by atoms with Crippen molar-refractivity contribution in [2.45, 2.75) is 40.2 Å². The van der Waals surface area contributed by atoms with Crippen LogP contribution in [0.5, 0.6) is 0 Å². The minimum absolute atomic E-state index is 0.108. The van der Waals surface area contributed by atoms with Gasteiger partial charge in [-0.1, -0.05) is 12.1 Å². The maximum atomic E-state index is 11.2. The lowest BCUT2D eigenvalue weighted by atomic mass is 9.94. The SMILES string of the molecule is CC(=O)NC(CC(=O)O)c1cc(C)c(C)cc1C. The van der Waals surface area contributed by atoms with Crippen LogP contribution >= 0.6 is 0 Å². The first kappa shape index (κ1) is 14.2. The number of benzene rings is 1. The van der Waals surface area contributed by atoms with Crippen molar-refractivity contribution in [1.29, 1.82) is 0 Å². The van der Waals surface area contributed by atoms with Gasteiger partial charge in [-0.2, -0.15) is 0 Å². The molecule has 0 saturated heterocycles. The van der Waals surface area contributed by atoms with Crippen LogP contribution in [0.2, 0.25) is 0 Å². The minimum Gasteiger partial charge on any atom is -0.481 e. The molecular formula is C14H19NO3. The number of carboxylic acid groups (broad SMARTS) is 1. The lowest BCUT2D eigenvalue weighted by Crippen LogP contribution is -2.28. The quantitative estimate of drug-likeness (QED) is 0.860. The molecule has 2 N–H and O–H groups in total. The summed E-state index contributed by atoms with van der Waals surface area (Å²) in [5.74, 6) is -1.15. The highest BCUT2D eigenvalue weighted by Crippen LogP contribution is 2.24. The van der Waals surface area contributed by atoms with Crippen molar-refractivity contribution >= 4 is 11.9 Å². The van der Waals surface area contributed by atoms with Crippen LogP contribution in [0.15, 0.2) is 12.1 Å². The summed E-state index contributed by atoms with van der Waals surface area (Å²) in [6.45, 7) is 7.31. The maximum Gasteiger partial charge on any atom is 0.305 e. The number of rotatable bonds is 4. The predicted octanol–water partition coefficient (Wildman–Crippen LogP) is 2.26. The molecule has 1 atom stereocenters. The molecule has 0 heterocycles. The van der Waals surface area contributed by atoms with Crippen molar-refractivity contribution in [2.75, 3.05) is 0 Å². The Morgan fingerprint density at radius 1 is 1.17 bits per heavy atom. The Bertz CT molecular complexity index is 464. The molecule has 4 nitrogen and oxygen atoms in total. The lowest BCUT2D eigenvalue weighted by Gasteiger charge is -2.20. The Labute approximate surface area is 107 Å². The third-order valence-electron chi connectivity index (χ3n) is 3.01. The zero-order valence-corrected chi connectivity index (χ0v) is 11.2. The molecule has 0 spiro atoms. The average molecular weight is 249 g/mol. The van der Waals surface area contributed by atoms with Crippen LogP contribution < -0.4 is 5.32 Å². The second-order valence-electron chi connectivity index (χ2n) is 4.64. The number of hydrogen-bond donors (Lipinski definition) is 2. The molecule has 1 aromatic carbocycles. The van der Waals surface area contributed by atoms with Crippen molar-refractivity contribution < 1.29 is 14.7 Å². The molecular weight excluding hydrogens is 230 g/mol. The van der Waals surface area contributed by atoms with Crippen molar-refractivity contribution in [3.8, 4) is 0 Å². The standard InChI is InChI=1S/C14H19NO3/c1-8-5-10(3)12(6-9(8)2)13(7-14(17)18)15-11(4)16/h5-6,13H,7H2,1-4H3,(H,15,16)(H,17,18). The Kier molecular flexibility index (Phi) is 4.48. The van der Waals surface area contributed by atoms with Crippen LogP contribution in [0, 0.1) is 20.8 Å². The van der Waals surface area contributed by atoms with Gasteiger partial charge in [0.2, 0.25) is 5.91 Å². The molecule has 0 aliphatic carbocycles. The van der Waals surface area contributed by atoms with E-state index in [2.05, 4.69) is 5.32 Å². The van der Waals surface area contributed by atoms with Crippen LogP contribution in [0.3, 0.4) is 0 Å². The van der Waals surface area contributed by atoms with E-state index in [1.54, 1.807) is 0 Å². The highest BCUT2D eigenvalue weighted by atomic mass is 16.4. The average Bonchev–Trinajstić information content (AvgIpc) is 2.21. The number of aliphatic carboxylic acids is 1. The van der Waals surface area contributed by atoms with Crippen molar-refractivity contribution in [3.63, 3.8) is 0 Å². The smallest absolute Gasteiger partial charge is 0.305 e. The number of carbonyl (C=O) groups excluding carboxylic acids is 1. The van der Waals surface area contributed by atoms with Crippen LogP contribution in [0.1, 0.15) is 41.6 Å². The third kappa shape index (κ3) is 3.58. The second kappa shape index (κ2) is 5.67. The van der Waals surface area contributed by atoms with Gasteiger partial charge in [0.05, 0.1) is 12.5 Å². The van der Waals surface area contributed by atoms with Gasteiger partial charge in [-0.3, -0.25) is 9.59 Å². The number of nitrogens with one attached hydrogen (secondary N) is 1. The van der Waals surface area contributed by atoms with Crippen LogP contribution in [-0.2, 0) is 9.59 Å². The summed E-state index contributed by atoms with van der Waals surface area (Å²) < 4.78 is 0. The van der Waals surface area contributed by atoms with Gasteiger partial charge in [0.15, 0.2) is 0 Å². The van der Waals surface area contributed by atoms with Gasteiger partial charge >= 0.3 is 5.97 Å². The van der Waals surface area contributed by atoms with Crippen LogP contribution in [-0.4, -0.2) is 17.0 Å². The van der Waals surface area contributed by atoms with E-state index in [4.69, 9.17) is 5.11 Å². The highest BCUT2D eigenvalue weighted by Gasteiger charge is 2.19. The van der Waals surface area contributed by atoms with Crippen molar-refractivity contribution in [1.82, 2.24) is 5.32 Å². The number of amides is 1. The van der Waals surface area contributed by atoms with Gasteiger partial charge in [-0.25, -0.2) is 0 Å². The van der Waals surface area contributed by atoms with E-state index < -0.39 is 12.0 Å². The van der Waals surface area contributed by atoms with E-state index >= 15 is 0 Å². The molecule has 18 heavy (non-hydrogen) atoms. The molecule has 1 aromatic rings. The molecule has 4 heteroatoms. The summed E-state index contributed by atoms with van der Waals surface area (Å²) in [5, 5.41) is 11.6. The number of aryl methyl sites for hydroxylation is 3. The predicted molar refractivity (Wildman–Crippen MR) is 69.5 cm³/mol. The highest BCUT2D eigenvalue weighted by molar-refractivity contribution is 5.75. The zero-order chi connectivity index (χ0) is 13.9. The van der Waals surface area contributed by atoms with Crippen LogP contribution in [0.4, 0.5) is 0 Å². The summed E-state index contributed by atoms with van der Waals surface area (Å²) in [5.41, 5.74) is 4.12. The minimum atomic E-state index is -0.925. The molecule has 1 amide bonds. The second-order valence-corrected chi connectivity index (χ2v) is 4.64. The summed E-state index contributed by atoms with van der Waals surface area (Å²) in [6.07, 6.45) is -0.108. The first-order chi connectivity index (χ1) is 8.31. The first-order valence-corrected chi connectivity index (χ1v) is 5.88. The molecule has 0 aliphatic heterocycles. The maximum absolute atomic E-state index is 11.2. The Balaban J connectivity index is 3.15. The number of carboxylic acids is 1. The van der Waals surface area contributed by atoms with E-state index in [-0.39, 0.29) is 12.3 Å². The Morgan fingerprint density at radius 3 is 2.22 bits per heavy atom. The largest absolute Gasteiger partial charge is 0.481 e. The number of carbonyl (C=O) groups is 2. The van der Waals surface area contributed by atoms with Gasteiger partial charge in [-0.05, 0) is 43.0 Å². The van der Waals surface area contributed by atoms with Gasteiger partial charge < -0.3 is 10.4 Å². The fraction of sp³-hybridized carbons (Fsp3) is 0.429. The first-order valence-electron chi connectivity index (χ1n) is 5.88. The normalized spacial score (nSPS) is 12.0. The Morgan fingerprint density at radius 2 is 1.72 bits per heavy atom. The Hall–Kier alpha value is -1.84. The van der Waals surface area contributed by atoms with Crippen LogP contribution in [0.25, 0.3) is 0 Å². The van der Waals surface area contributed by atoms with Gasteiger partial charge in [0.1, 0.15) is 0 Å². The summed E-state index contributed by atoms with van der Waals surface area (Å²) >= 11 is 0. The van der Waals surface area contributed by atoms with Crippen molar-refractivity contribution in [3.05, 3.63) is 34.4 Å². The molecule has 0 bridgehead atoms. The topological polar surface area (TPSA) is 66.4 Å². The summed E-state index contributed by atoms with van der Waals surface area (Å²) in [4.78, 5) is 22.0. The lowest BCUT2D eigenvalue weighted by molar-refractivity contribution is -0.137. The molecule has 98 valence electrons. The summed E-state index contributed by atoms with van der Waals surface area (Å²) in [7, 11) is 0. The molecule has 1 unspecified atom stereocenters. The molecule has 0 aromatic heterocycles. The number of hydrogen-bond acceptors (Lipinski definition) is 2. The van der Waals surface area contributed by atoms with E-state index in [1.165, 1.54) is 6.92 Å². The fourth-order valence-corrected chi connectivity index (χ4v) is 2.02. The molecule has 0 saturated carbocycles. The molecule has 0 aliphatic rings.